The topological polar surface area (TPSA) is 85.4 Å². The molecule has 1 aromatic rings. The number of aliphatic hydroxyl groups is 1. The van der Waals surface area contributed by atoms with E-state index < -0.39 is 23.4 Å². The van der Waals surface area contributed by atoms with Crippen LogP contribution in [0.3, 0.4) is 0 Å². The van der Waals surface area contributed by atoms with E-state index in [0.717, 1.165) is 12.3 Å². The second kappa shape index (κ2) is 6.23. The monoisotopic (exact) mass is 333 g/mol. The van der Waals surface area contributed by atoms with Crippen molar-refractivity contribution in [1.82, 2.24) is 15.2 Å². The third kappa shape index (κ3) is 4.04. The van der Waals surface area contributed by atoms with Crippen molar-refractivity contribution >= 4 is 11.8 Å². The van der Waals surface area contributed by atoms with Gasteiger partial charge in [0.05, 0.1) is 24.1 Å². The molecule has 6 nitrogen and oxygen atoms in total. The summed E-state index contributed by atoms with van der Waals surface area (Å²) in [7, 11) is 1.44. The zero-order chi connectivity index (χ0) is 17.3. The quantitative estimate of drug-likeness (QED) is 0.775. The number of halogens is 3. The van der Waals surface area contributed by atoms with Gasteiger partial charge < -0.3 is 20.3 Å². The summed E-state index contributed by atoms with van der Waals surface area (Å²) >= 11 is 0. The van der Waals surface area contributed by atoms with Gasteiger partial charge in [0, 0.05) is 19.8 Å². The lowest BCUT2D eigenvalue weighted by Gasteiger charge is -2.38. The molecular formula is C14H18F3N3O3. The number of nitrogens with one attached hydrogen (secondary N) is 2. The largest absolute Gasteiger partial charge is 0.431 e. The van der Waals surface area contributed by atoms with Gasteiger partial charge in [0.25, 0.3) is 5.91 Å². The van der Waals surface area contributed by atoms with E-state index in [4.69, 9.17) is 0 Å². The number of likely N-dealkylation sites (tertiary alicyclic amines) is 1. The molecule has 0 radical (unpaired) electrons. The number of nitrogens with zero attached hydrogens (tertiary/aromatic N) is 1. The van der Waals surface area contributed by atoms with Crippen molar-refractivity contribution in [3.63, 3.8) is 0 Å². The molecule has 0 aromatic carbocycles. The molecule has 1 fully saturated rings. The Bertz CT molecular complexity index is 600. The van der Waals surface area contributed by atoms with Gasteiger partial charge in [-0.3, -0.25) is 9.59 Å². The van der Waals surface area contributed by atoms with E-state index in [1.807, 2.05) is 4.98 Å². The maximum atomic E-state index is 12.6. The fraction of sp³-hybridized carbons (Fsp3) is 0.571. The number of carbonyl (C=O) groups is 2. The summed E-state index contributed by atoms with van der Waals surface area (Å²) < 4.78 is 37.7. The number of aromatic nitrogens is 1. The minimum absolute atomic E-state index is 0.0915. The standard InChI is InChI=1S/C14H18F3N3O3/c1-18-11(21)6-13(23)3-2-4-20(8-13)12(22)9-5-10(19-7-9)14(15,16)17/h5,7,19,23H,2-4,6,8H2,1H3,(H,18,21). The number of amides is 2. The van der Waals surface area contributed by atoms with Crippen molar-refractivity contribution in [3.05, 3.63) is 23.5 Å². The molecule has 1 unspecified atom stereocenters. The summed E-state index contributed by atoms with van der Waals surface area (Å²) in [5, 5.41) is 12.8. The van der Waals surface area contributed by atoms with Gasteiger partial charge >= 0.3 is 6.18 Å². The Balaban J connectivity index is 2.10. The molecule has 3 N–H and O–H groups in total. The number of alkyl halides is 3. The zero-order valence-corrected chi connectivity index (χ0v) is 12.5. The molecule has 1 atom stereocenters. The second-order valence-corrected chi connectivity index (χ2v) is 5.70. The molecular weight excluding hydrogens is 315 g/mol. The maximum absolute atomic E-state index is 12.6. The maximum Gasteiger partial charge on any atom is 0.431 e. The van der Waals surface area contributed by atoms with E-state index in [-0.39, 0.29) is 24.4 Å². The molecule has 9 heteroatoms. The molecule has 1 aliphatic heterocycles. The molecule has 1 aliphatic rings. The van der Waals surface area contributed by atoms with E-state index in [0.29, 0.717) is 19.4 Å². The number of piperidine rings is 1. The predicted octanol–water partition coefficient (Wildman–Crippen LogP) is 1.14. The Morgan fingerprint density at radius 2 is 2.17 bits per heavy atom. The molecule has 128 valence electrons. The third-order valence-corrected chi connectivity index (χ3v) is 3.85. The molecule has 1 saturated heterocycles. The summed E-state index contributed by atoms with van der Waals surface area (Å²) in [4.78, 5) is 27.1. The van der Waals surface area contributed by atoms with Gasteiger partial charge in [0.2, 0.25) is 5.91 Å². The lowest BCUT2D eigenvalue weighted by molar-refractivity contribution is -0.140. The van der Waals surface area contributed by atoms with Crippen LogP contribution >= 0.6 is 0 Å². The zero-order valence-electron chi connectivity index (χ0n) is 12.5. The summed E-state index contributed by atoms with van der Waals surface area (Å²) in [5.74, 6) is -0.963. The van der Waals surface area contributed by atoms with E-state index in [1.54, 1.807) is 0 Å². The van der Waals surface area contributed by atoms with Gasteiger partial charge in [-0.15, -0.1) is 0 Å². The molecule has 0 spiro atoms. The number of carbonyl (C=O) groups excluding carboxylic acids is 2. The minimum Gasteiger partial charge on any atom is -0.388 e. The van der Waals surface area contributed by atoms with Crippen molar-refractivity contribution in [1.29, 1.82) is 0 Å². The van der Waals surface area contributed by atoms with Crippen LogP contribution in [0.2, 0.25) is 0 Å². The van der Waals surface area contributed by atoms with Crippen molar-refractivity contribution in [2.24, 2.45) is 0 Å². The van der Waals surface area contributed by atoms with E-state index in [2.05, 4.69) is 5.32 Å². The highest BCUT2D eigenvalue weighted by Gasteiger charge is 2.38. The first kappa shape index (κ1) is 17.3. The Morgan fingerprint density at radius 3 is 2.74 bits per heavy atom. The van der Waals surface area contributed by atoms with Crippen LogP contribution in [-0.4, -0.2) is 52.5 Å². The van der Waals surface area contributed by atoms with Crippen LogP contribution in [0.15, 0.2) is 12.3 Å². The number of hydrogen-bond acceptors (Lipinski definition) is 3. The molecule has 23 heavy (non-hydrogen) atoms. The highest BCUT2D eigenvalue weighted by molar-refractivity contribution is 5.94. The molecule has 2 amide bonds. The Morgan fingerprint density at radius 1 is 1.48 bits per heavy atom. The summed E-state index contributed by atoms with van der Waals surface area (Å²) in [6, 6.07) is 0.745. The lowest BCUT2D eigenvalue weighted by atomic mass is 9.89. The first-order chi connectivity index (χ1) is 10.6. The van der Waals surface area contributed by atoms with Gasteiger partial charge in [-0.1, -0.05) is 0 Å². The fourth-order valence-electron chi connectivity index (χ4n) is 2.68. The predicted molar refractivity (Wildman–Crippen MR) is 74.6 cm³/mol. The molecule has 0 saturated carbocycles. The van der Waals surface area contributed by atoms with Crippen LogP contribution < -0.4 is 5.32 Å². The molecule has 0 aliphatic carbocycles. The third-order valence-electron chi connectivity index (χ3n) is 3.85. The van der Waals surface area contributed by atoms with Gasteiger partial charge in [-0.05, 0) is 18.9 Å². The van der Waals surface area contributed by atoms with E-state index in [1.165, 1.54) is 11.9 Å². The molecule has 2 heterocycles. The van der Waals surface area contributed by atoms with Crippen LogP contribution in [-0.2, 0) is 11.0 Å². The van der Waals surface area contributed by atoms with E-state index in [9.17, 15) is 27.9 Å². The van der Waals surface area contributed by atoms with Gasteiger partial charge in [0.1, 0.15) is 5.69 Å². The Hall–Kier alpha value is -2.03. The van der Waals surface area contributed by atoms with Crippen LogP contribution in [0.5, 0.6) is 0 Å². The normalized spacial score (nSPS) is 22.0. The molecule has 0 bridgehead atoms. The number of aromatic amines is 1. The Kier molecular flexibility index (Phi) is 4.69. The average Bonchev–Trinajstić information content (AvgIpc) is 2.95. The Labute approximate surface area is 130 Å². The van der Waals surface area contributed by atoms with Crippen LogP contribution in [0, 0.1) is 0 Å². The number of rotatable bonds is 3. The second-order valence-electron chi connectivity index (χ2n) is 5.70. The summed E-state index contributed by atoms with van der Waals surface area (Å²) in [6.45, 7) is 0.229. The van der Waals surface area contributed by atoms with Crippen LogP contribution in [0.4, 0.5) is 13.2 Å². The van der Waals surface area contributed by atoms with E-state index >= 15 is 0 Å². The van der Waals surface area contributed by atoms with Gasteiger partial charge in [0.15, 0.2) is 0 Å². The first-order valence-corrected chi connectivity index (χ1v) is 7.12. The number of β-amino-alcohol motifs (C(OH)–C–C–N with tert-alkyl or cyclic N) is 1. The average molecular weight is 333 g/mol. The summed E-state index contributed by atoms with van der Waals surface area (Å²) in [6.07, 6.45) is -2.90. The van der Waals surface area contributed by atoms with Gasteiger partial charge in [-0.25, -0.2) is 0 Å². The SMILES string of the molecule is CNC(=O)CC1(O)CCCN(C(=O)c2c[nH]c(C(F)(F)F)c2)C1. The number of H-pyrrole nitrogens is 1. The first-order valence-electron chi connectivity index (χ1n) is 7.12. The fourth-order valence-corrected chi connectivity index (χ4v) is 2.68. The van der Waals surface area contributed by atoms with Crippen LogP contribution in [0.25, 0.3) is 0 Å². The highest BCUT2D eigenvalue weighted by atomic mass is 19.4. The van der Waals surface area contributed by atoms with Crippen LogP contribution in [0.1, 0.15) is 35.3 Å². The minimum atomic E-state index is -4.56. The van der Waals surface area contributed by atoms with Gasteiger partial charge in [-0.2, -0.15) is 13.2 Å². The molecule has 1 aromatic heterocycles. The van der Waals surface area contributed by atoms with Crippen molar-refractivity contribution in [2.45, 2.75) is 31.0 Å². The number of hydrogen-bond donors (Lipinski definition) is 3. The van der Waals surface area contributed by atoms with Crippen molar-refractivity contribution < 1.29 is 27.9 Å². The highest BCUT2D eigenvalue weighted by Crippen LogP contribution is 2.30. The summed E-state index contributed by atoms with van der Waals surface area (Å²) in [5.41, 5.74) is -2.49. The van der Waals surface area contributed by atoms with Crippen molar-refractivity contribution in [2.75, 3.05) is 20.1 Å². The lowest BCUT2D eigenvalue weighted by Crippen LogP contribution is -2.52. The smallest absolute Gasteiger partial charge is 0.388 e. The molecule has 2 rings (SSSR count). The van der Waals surface area contributed by atoms with Crippen molar-refractivity contribution in [3.8, 4) is 0 Å².